The molecule has 6 heteroatoms. The maximum absolute atomic E-state index is 12.4. The predicted molar refractivity (Wildman–Crippen MR) is 129 cm³/mol. The summed E-state index contributed by atoms with van der Waals surface area (Å²) in [4.78, 5) is 18.7. The summed E-state index contributed by atoms with van der Waals surface area (Å²) >= 11 is 0. The highest BCUT2D eigenvalue weighted by Gasteiger charge is 2.28. The van der Waals surface area contributed by atoms with Gasteiger partial charge in [0.2, 0.25) is 0 Å². The third-order valence-corrected chi connectivity index (χ3v) is 7.19. The molecule has 1 atom stereocenters. The van der Waals surface area contributed by atoms with Crippen LogP contribution in [0, 0.1) is 5.41 Å². The Balaban J connectivity index is 1.18. The van der Waals surface area contributed by atoms with Gasteiger partial charge in [-0.25, -0.2) is 0 Å². The van der Waals surface area contributed by atoms with Gasteiger partial charge in [-0.3, -0.25) is 9.79 Å². The predicted octanol–water partition coefficient (Wildman–Crippen LogP) is 4.90. The third kappa shape index (κ3) is 6.47. The topological polar surface area (TPSA) is 82.4 Å². The minimum Gasteiger partial charge on any atom is -0.504 e. The molecule has 0 unspecified atom stereocenters. The number of nitrogens with zero attached hydrogens (tertiary/aromatic N) is 2. The fourth-order valence-electron chi connectivity index (χ4n) is 5.12. The Bertz CT molecular complexity index is 943. The molecule has 1 aliphatic carbocycles. The number of phenolic OH excluding ortho intramolecular Hbond substituents is 1. The van der Waals surface area contributed by atoms with Crippen molar-refractivity contribution in [3.63, 3.8) is 0 Å². The van der Waals surface area contributed by atoms with Gasteiger partial charge in [0, 0.05) is 37.4 Å². The number of phenols is 1. The molecular weight excluding hydrogens is 416 g/mol. The lowest BCUT2D eigenvalue weighted by atomic mass is 9.83. The summed E-state index contributed by atoms with van der Waals surface area (Å²) < 4.78 is 5.82. The van der Waals surface area contributed by atoms with Gasteiger partial charge < -0.3 is 19.8 Å². The summed E-state index contributed by atoms with van der Waals surface area (Å²) in [6.07, 6.45) is 14.4. The molecule has 178 valence electrons. The summed E-state index contributed by atoms with van der Waals surface area (Å²) in [6.45, 7) is 3.41. The highest BCUT2D eigenvalue weighted by atomic mass is 16.5. The molecule has 33 heavy (non-hydrogen) atoms. The fourth-order valence-corrected chi connectivity index (χ4v) is 5.12. The first-order chi connectivity index (χ1) is 15.9. The molecular formula is C27H36N2O4. The monoisotopic (exact) mass is 452 g/mol. The number of aliphatic hydroxyl groups excluding tert-OH is 1. The molecule has 1 saturated carbocycles. The number of aryl methyl sites for hydroxylation is 1. The van der Waals surface area contributed by atoms with Crippen molar-refractivity contribution in [2.24, 2.45) is 10.4 Å². The molecule has 6 nitrogen and oxygen atoms in total. The van der Waals surface area contributed by atoms with Crippen LogP contribution in [0.15, 0.2) is 46.7 Å². The molecule has 0 radical (unpaired) electrons. The molecule has 1 aromatic carbocycles. The molecule has 0 saturated heterocycles. The van der Waals surface area contributed by atoms with Crippen molar-refractivity contribution in [2.45, 2.75) is 77.2 Å². The molecule has 0 bridgehead atoms. The van der Waals surface area contributed by atoms with Crippen LogP contribution < -0.4 is 4.74 Å². The van der Waals surface area contributed by atoms with Crippen LogP contribution in [0.4, 0.5) is 0 Å². The number of hydrogen-bond donors (Lipinski definition) is 2. The molecule has 0 amide bonds. The van der Waals surface area contributed by atoms with Gasteiger partial charge in [-0.05, 0) is 61.3 Å². The molecule has 2 N–H and O–H groups in total. The van der Waals surface area contributed by atoms with Gasteiger partial charge in [0.15, 0.2) is 18.2 Å². The van der Waals surface area contributed by atoms with E-state index in [-0.39, 0.29) is 18.0 Å². The number of hydrogen-bond acceptors (Lipinski definition) is 6. The zero-order chi connectivity index (χ0) is 23.3. The number of ether oxygens (including phenoxy) is 1. The van der Waals surface area contributed by atoms with Gasteiger partial charge in [-0.15, -0.1) is 0 Å². The van der Waals surface area contributed by atoms with E-state index in [0.29, 0.717) is 37.2 Å². The van der Waals surface area contributed by atoms with E-state index >= 15 is 0 Å². The van der Waals surface area contributed by atoms with Crippen molar-refractivity contribution in [2.75, 3.05) is 13.3 Å². The number of aliphatic imine (C=N–C) groups is 1. The van der Waals surface area contributed by atoms with Crippen LogP contribution in [0.3, 0.4) is 0 Å². The Kier molecular flexibility index (Phi) is 7.53. The summed E-state index contributed by atoms with van der Waals surface area (Å²) in [5.41, 5.74) is 3.51. The van der Waals surface area contributed by atoms with Crippen LogP contribution >= 0.6 is 0 Å². The van der Waals surface area contributed by atoms with Crippen LogP contribution in [-0.2, 0) is 11.2 Å². The lowest BCUT2D eigenvalue weighted by Crippen LogP contribution is -2.21. The molecule has 0 spiro atoms. The number of ketones is 1. The van der Waals surface area contributed by atoms with Crippen LogP contribution in [0.5, 0.6) is 11.5 Å². The lowest BCUT2D eigenvalue weighted by Gasteiger charge is -2.23. The maximum atomic E-state index is 12.4. The average Bonchev–Trinajstić information content (AvgIpc) is 3.49. The average molecular weight is 453 g/mol. The van der Waals surface area contributed by atoms with E-state index in [1.54, 1.807) is 18.3 Å². The maximum Gasteiger partial charge on any atom is 0.163 e. The lowest BCUT2D eigenvalue weighted by molar-refractivity contribution is -0.121. The number of Topliss-reactive ketones (excluding diaryl/α,β-unsaturated/α-hetero) is 1. The quantitative estimate of drug-likeness (QED) is 0.471. The molecule has 1 fully saturated rings. The Morgan fingerprint density at radius 3 is 2.91 bits per heavy atom. The Labute approximate surface area is 196 Å². The summed E-state index contributed by atoms with van der Waals surface area (Å²) in [5.74, 6) is 0.572. The van der Waals surface area contributed by atoms with E-state index in [0.717, 1.165) is 30.6 Å². The number of benzene rings is 1. The fraction of sp³-hybridized carbons (Fsp3) is 0.556. The molecule has 2 aliphatic heterocycles. The van der Waals surface area contributed by atoms with E-state index in [4.69, 9.17) is 4.74 Å². The van der Waals surface area contributed by atoms with Crippen LogP contribution in [0.2, 0.25) is 0 Å². The molecule has 3 aliphatic rings. The van der Waals surface area contributed by atoms with Crippen molar-refractivity contribution in [1.82, 2.24) is 4.90 Å². The number of rotatable bonds is 12. The number of allylic oxidation sites excluding steroid dienone is 1. The SMILES string of the molecule is CC1(CCC[C@@H](O)CC(=O)CCc2ccc(O)c(OCN3C=C4N=CC=C4C3)c2)CCCC1. The van der Waals surface area contributed by atoms with E-state index < -0.39 is 6.10 Å². The van der Waals surface area contributed by atoms with Crippen molar-refractivity contribution < 1.29 is 19.7 Å². The second kappa shape index (κ2) is 10.6. The first kappa shape index (κ1) is 23.6. The van der Waals surface area contributed by atoms with Crippen molar-refractivity contribution in [1.29, 1.82) is 0 Å². The van der Waals surface area contributed by atoms with Crippen LogP contribution in [0.25, 0.3) is 0 Å². The van der Waals surface area contributed by atoms with Gasteiger partial charge in [0.25, 0.3) is 0 Å². The normalized spacial score (nSPS) is 19.4. The van der Waals surface area contributed by atoms with E-state index in [9.17, 15) is 15.0 Å². The highest BCUT2D eigenvalue weighted by Crippen LogP contribution is 2.41. The van der Waals surface area contributed by atoms with E-state index in [2.05, 4.69) is 11.9 Å². The minimum atomic E-state index is -0.547. The largest absolute Gasteiger partial charge is 0.504 e. The van der Waals surface area contributed by atoms with Crippen molar-refractivity contribution in [3.8, 4) is 11.5 Å². The second-order valence-electron chi connectivity index (χ2n) is 10.1. The van der Waals surface area contributed by atoms with Crippen molar-refractivity contribution >= 4 is 12.0 Å². The summed E-state index contributed by atoms with van der Waals surface area (Å²) in [7, 11) is 0. The smallest absolute Gasteiger partial charge is 0.163 e. The number of fused-ring (bicyclic) bond motifs is 1. The number of carbonyl (C=O) groups excluding carboxylic acids is 1. The highest BCUT2D eigenvalue weighted by molar-refractivity contribution is 5.80. The molecule has 2 heterocycles. The molecule has 0 aromatic heterocycles. The van der Waals surface area contributed by atoms with E-state index in [1.807, 2.05) is 23.2 Å². The van der Waals surface area contributed by atoms with Crippen molar-refractivity contribution in [3.05, 3.63) is 47.3 Å². The molecule has 4 rings (SSSR count). The van der Waals surface area contributed by atoms with Gasteiger partial charge in [0.1, 0.15) is 5.78 Å². The summed E-state index contributed by atoms with van der Waals surface area (Å²) in [6, 6.07) is 5.22. The number of aromatic hydroxyl groups is 1. The zero-order valence-electron chi connectivity index (χ0n) is 19.6. The third-order valence-electron chi connectivity index (χ3n) is 7.19. The van der Waals surface area contributed by atoms with Gasteiger partial charge in [-0.1, -0.05) is 32.3 Å². The zero-order valence-corrected chi connectivity index (χ0v) is 19.6. The van der Waals surface area contributed by atoms with Crippen LogP contribution in [-0.4, -0.2) is 46.5 Å². The van der Waals surface area contributed by atoms with Crippen LogP contribution in [0.1, 0.15) is 70.3 Å². The Morgan fingerprint density at radius 2 is 2.12 bits per heavy atom. The van der Waals surface area contributed by atoms with E-state index in [1.165, 1.54) is 31.3 Å². The van der Waals surface area contributed by atoms with Gasteiger partial charge >= 0.3 is 0 Å². The minimum absolute atomic E-state index is 0.0779. The standard InChI is InChI=1S/C27H36N2O4/c1-27(11-2-3-12-27)13-4-5-22(30)16-23(31)8-6-20-7-9-25(32)26(15-20)33-19-29-17-21-10-14-28-24(21)18-29/h7,9-10,14-15,18,22,30,32H,2-6,8,11-13,16-17,19H2,1H3/t22-/m1/s1. The number of aliphatic hydroxyl groups is 1. The Morgan fingerprint density at radius 1 is 1.30 bits per heavy atom. The molecule has 1 aromatic rings. The van der Waals surface area contributed by atoms with Gasteiger partial charge in [0.05, 0.1) is 11.8 Å². The number of carbonyl (C=O) groups is 1. The first-order valence-corrected chi connectivity index (χ1v) is 12.2. The second-order valence-corrected chi connectivity index (χ2v) is 10.1. The first-order valence-electron chi connectivity index (χ1n) is 12.2. The summed E-state index contributed by atoms with van der Waals surface area (Å²) in [5, 5.41) is 20.4. The van der Waals surface area contributed by atoms with Gasteiger partial charge in [-0.2, -0.15) is 0 Å². The Hall–Kier alpha value is -2.60.